The third-order valence-electron chi connectivity index (χ3n) is 3.64. The molecule has 112 valence electrons. The van der Waals surface area contributed by atoms with Crippen molar-refractivity contribution in [3.05, 3.63) is 45.7 Å². The van der Waals surface area contributed by atoms with Gasteiger partial charge in [-0.2, -0.15) is 0 Å². The summed E-state index contributed by atoms with van der Waals surface area (Å²) in [6, 6.07) is 5.77. The summed E-state index contributed by atoms with van der Waals surface area (Å²) in [7, 11) is 0. The first-order valence-electron chi connectivity index (χ1n) is 7.50. The number of nitrogens with one attached hydrogen (secondary N) is 1. The predicted octanol–water partition coefficient (Wildman–Crippen LogP) is 2.86. The molecule has 0 unspecified atom stereocenters. The van der Waals surface area contributed by atoms with Gasteiger partial charge in [-0.05, 0) is 32.4 Å². The van der Waals surface area contributed by atoms with Gasteiger partial charge in [0.25, 0.3) is 5.91 Å². The normalized spacial score (nSPS) is 10.8. The number of carbonyl (C=O) groups excluding carboxylic acids is 1. The molecule has 1 heterocycles. The molecule has 1 aromatic carbocycles. The number of benzene rings is 1. The van der Waals surface area contributed by atoms with E-state index in [1.54, 1.807) is 6.20 Å². The number of aryl methyl sites for hydroxylation is 2. The van der Waals surface area contributed by atoms with E-state index in [-0.39, 0.29) is 16.9 Å². The molecule has 2 aromatic rings. The van der Waals surface area contributed by atoms with Crippen LogP contribution in [-0.2, 0) is 6.54 Å². The lowest BCUT2D eigenvalue weighted by Crippen LogP contribution is -2.30. The van der Waals surface area contributed by atoms with Crippen LogP contribution >= 0.6 is 0 Å². The van der Waals surface area contributed by atoms with E-state index >= 15 is 0 Å². The van der Waals surface area contributed by atoms with Crippen LogP contribution in [0.4, 0.5) is 0 Å². The summed E-state index contributed by atoms with van der Waals surface area (Å²) in [6.45, 7) is 7.34. The van der Waals surface area contributed by atoms with Gasteiger partial charge in [-0.25, -0.2) is 0 Å². The minimum Gasteiger partial charge on any atom is -0.352 e. The Morgan fingerprint density at radius 2 is 2.05 bits per heavy atom. The van der Waals surface area contributed by atoms with Crippen molar-refractivity contribution in [2.24, 2.45) is 0 Å². The summed E-state index contributed by atoms with van der Waals surface area (Å²) >= 11 is 0. The summed E-state index contributed by atoms with van der Waals surface area (Å²) in [5.41, 5.74) is 1.93. The van der Waals surface area contributed by atoms with E-state index < -0.39 is 0 Å². The molecule has 0 saturated heterocycles. The lowest BCUT2D eigenvalue weighted by Gasteiger charge is -2.12. The van der Waals surface area contributed by atoms with E-state index in [1.165, 1.54) is 0 Å². The van der Waals surface area contributed by atoms with Gasteiger partial charge in [0, 0.05) is 24.7 Å². The zero-order chi connectivity index (χ0) is 15.4. The summed E-state index contributed by atoms with van der Waals surface area (Å²) in [5.74, 6) is -0.279. The number of unbranched alkanes of at least 4 members (excludes halogenated alkanes) is 1. The molecule has 1 amide bonds. The molecule has 1 N–H and O–H groups in total. The zero-order valence-electron chi connectivity index (χ0n) is 12.9. The van der Waals surface area contributed by atoms with Crippen molar-refractivity contribution >= 4 is 16.8 Å². The number of aromatic nitrogens is 1. The van der Waals surface area contributed by atoms with E-state index in [1.807, 2.05) is 36.6 Å². The van der Waals surface area contributed by atoms with Gasteiger partial charge < -0.3 is 9.88 Å². The lowest BCUT2D eigenvalue weighted by molar-refractivity contribution is 0.0951. The molecule has 0 spiro atoms. The molecule has 0 radical (unpaired) electrons. The highest BCUT2D eigenvalue weighted by molar-refractivity contribution is 5.97. The molecule has 21 heavy (non-hydrogen) atoms. The van der Waals surface area contributed by atoms with Crippen molar-refractivity contribution in [3.8, 4) is 0 Å². The number of nitrogens with zero attached hydrogens (tertiary/aromatic N) is 1. The molecule has 0 atom stereocenters. The molecule has 0 fully saturated rings. The van der Waals surface area contributed by atoms with Gasteiger partial charge in [0.05, 0.1) is 5.52 Å². The molecule has 0 aliphatic rings. The van der Waals surface area contributed by atoms with Gasteiger partial charge >= 0.3 is 0 Å². The third-order valence-corrected chi connectivity index (χ3v) is 3.64. The van der Waals surface area contributed by atoms with Crippen LogP contribution in [0.2, 0.25) is 0 Å². The molecule has 0 saturated carbocycles. The Morgan fingerprint density at radius 1 is 1.29 bits per heavy atom. The monoisotopic (exact) mass is 286 g/mol. The smallest absolute Gasteiger partial charge is 0.256 e. The average Bonchev–Trinajstić information content (AvgIpc) is 2.48. The van der Waals surface area contributed by atoms with Gasteiger partial charge in [-0.15, -0.1) is 0 Å². The maximum atomic E-state index is 12.5. The van der Waals surface area contributed by atoms with E-state index in [9.17, 15) is 9.59 Å². The molecular formula is C17H22N2O2. The van der Waals surface area contributed by atoms with Crippen LogP contribution in [0, 0.1) is 6.92 Å². The largest absolute Gasteiger partial charge is 0.352 e. The lowest BCUT2D eigenvalue weighted by atomic mass is 10.1. The number of amides is 1. The quantitative estimate of drug-likeness (QED) is 0.859. The van der Waals surface area contributed by atoms with E-state index in [0.29, 0.717) is 11.9 Å². The first-order valence-corrected chi connectivity index (χ1v) is 7.50. The molecule has 0 bridgehead atoms. The molecule has 2 rings (SSSR count). The van der Waals surface area contributed by atoms with Crippen LogP contribution in [0.25, 0.3) is 10.9 Å². The Labute approximate surface area is 124 Å². The minimum absolute atomic E-state index is 0.188. The van der Waals surface area contributed by atoms with Gasteiger partial charge in [0.15, 0.2) is 0 Å². The number of fused-ring (bicyclic) bond motifs is 1. The van der Waals surface area contributed by atoms with E-state index in [2.05, 4.69) is 12.2 Å². The Balaban J connectivity index is 2.52. The maximum absolute atomic E-state index is 12.5. The Hall–Kier alpha value is -2.10. The Morgan fingerprint density at radius 3 is 2.71 bits per heavy atom. The summed E-state index contributed by atoms with van der Waals surface area (Å²) in [5, 5.41) is 3.43. The fourth-order valence-electron chi connectivity index (χ4n) is 2.41. The molecule has 4 nitrogen and oxygen atoms in total. The molecule has 0 aliphatic carbocycles. The number of hydrogen-bond acceptors (Lipinski definition) is 2. The fourth-order valence-corrected chi connectivity index (χ4v) is 2.41. The van der Waals surface area contributed by atoms with Gasteiger partial charge in [-0.1, -0.05) is 25.0 Å². The standard InChI is InChI=1S/C17H22N2O2/c1-4-6-9-18-17(21)14-11-19(5-2)15-8-7-12(3)10-13(15)16(14)20/h7-8,10-11H,4-6,9H2,1-3H3,(H,18,21). The van der Waals surface area contributed by atoms with Gasteiger partial charge in [0.1, 0.15) is 5.56 Å². The first kappa shape index (κ1) is 15.3. The van der Waals surface area contributed by atoms with Crippen molar-refractivity contribution in [2.75, 3.05) is 6.54 Å². The minimum atomic E-state index is -0.279. The SMILES string of the molecule is CCCCNC(=O)c1cn(CC)c2ccc(C)cc2c1=O. The number of hydrogen-bond donors (Lipinski definition) is 1. The van der Waals surface area contributed by atoms with Crippen LogP contribution < -0.4 is 10.7 Å². The van der Waals surface area contributed by atoms with E-state index in [4.69, 9.17) is 0 Å². The average molecular weight is 286 g/mol. The first-order chi connectivity index (χ1) is 10.1. The Kier molecular flexibility index (Phi) is 4.78. The van der Waals surface area contributed by atoms with Crippen LogP contribution in [0.5, 0.6) is 0 Å². The second-order valence-corrected chi connectivity index (χ2v) is 5.29. The maximum Gasteiger partial charge on any atom is 0.256 e. The second-order valence-electron chi connectivity index (χ2n) is 5.29. The molecule has 4 heteroatoms. The van der Waals surface area contributed by atoms with Crippen molar-refractivity contribution in [3.63, 3.8) is 0 Å². The van der Waals surface area contributed by atoms with Crippen LogP contribution in [0.3, 0.4) is 0 Å². The zero-order valence-corrected chi connectivity index (χ0v) is 12.9. The number of pyridine rings is 1. The van der Waals surface area contributed by atoms with Crippen molar-refractivity contribution in [2.45, 2.75) is 40.2 Å². The summed E-state index contributed by atoms with van der Waals surface area (Å²) < 4.78 is 1.95. The topological polar surface area (TPSA) is 51.1 Å². The van der Waals surface area contributed by atoms with Crippen molar-refractivity contribution in [1.29, 1.82) is 0 Å². The molecule has 0 aliphatic heterocycles. The number of rotatable bonds is 5. The van der Waals surface area contributed by atoms with Crippen molar-refractivity contribution in [1.82, 2.24) is 9.88 Å². The van der Waals surface area contributed by atoms with Gasteiger partial charge in [-0.3, -0.25) is 9.59 Å². The van der Waals surface area contributed by atoms with Crippen LogP contribution in [0.1, 0.15) is 42.6 Å². The van der Waals surface area contributed by atoms with Gasteiger partial charge in [0.2, 0.25) is 5.43 Å². The van der Waals surface area contributed by atoms with Crippen LogP contribution in [-0.4, -0.2) is 17.0 Å². The molecule has 1 aromatic heterocycles. The van der Waals surface area contributed by atoms with Crippen molar-refractivity contribution < 1.29 is 4.79 Å². The highest BCUT2D eigenvalue weighted by Gasteiger charge is 2.14. The summed E-state index contributed by atoms with van der Waals surface area (Å²) in [6.07, 6.45) is 3.60. The Bertz CT molecular complexity index is 717. The predicted molar refractivity (Wildman–Crippen MR) is 85.9 cm³/mol. The highest BCUT2D eigenvalue weighted by atomic mass is 16.2. The van der Waals surface area contributed by atoms with E-state index in [0.717, 1.165) is 30.5 Å². The fraction of sp³-hybridized carbons (Fsp3) is 0.412. The summed E-state index contributed by atoms with van der Waals surface area (Å²) in [4.78, 5) is 24.8. The molecular weight excluding hydrogens is 264 g/mol. The highest BCUT2D eigenvalue weighted by Crippen LogP contribution is 2.14. The number of carbonyl (C=O) groups is 1. The third kappa shape index (κ3) is 3.15. The van der Waals surface area contributed by atoms with Crippen LogP contribution in [0.15, 0.2) is 29.2 Å². The second kappa shape index (κ2) is 6.57.